The molecule has 0 heterocycles. The molecular formula is C24H21N3O3. The molecule has 0 saturated carbocycles. The quantitative estimate of drug-likeness (QED) is 0.350. The first-order valence-corrected chi connectivity index (χ1v) is 9.42. The number of ether oxygens (including phenoxy) is 2. The zero-order valence-electron chi connectivity index (χ0n) is 16.5. The minimum absolute atomic E-state index is 0.298. The van der Waals surface area contributed by atoms with Gasteiger partial charge < -0.3 is 9.47 Å². The third-order valence-corrected chi connectivity index (χ3v) is 4.24. The zero-order valence-corrected chi connectivity index (χ0v) is 16.5. The van der Waals surface area contributed by atoms with Gasteiger partial charge in [-0.2, -0.15) is 10.4 Å². The Bertz CT molecular complexity index is 1060. The van der Waals surface area contributed by atoms with Crippen LogP contribution in [0.3, 0.4) is 0 Å². The summed E-state index contributed by atoms with van der Waals surface area (Å²) < 4.78 is 11.3. The maximum absolute atomic E-state index is 12.6. The highest BCUT2D eigenvalue weighted by molar-refractivity contribution is 6.01. The average Bonchev–Trinajstić information content (AvgIpc) is 2.81. The van der Waals surface area contributed by atoms with Gasteiger partial charge in [-0.05, 0) is 48.9 Å². The predicted molar refractivity (Wildman–Crippen MR) is 115 cm³/mol. The molecule has 0 aromatic heterocycles. The smallest absolute Gasteiger partial charge is 0.275 e. The van der Waals surface area contributed by atoms with Crippen LogP contribution in [0.2, 0.25) is 0 Å². The van der Waals surface area contributed by atoms with E-state index in [0.717, 1.165) is 11.3 Å². The normalized spacial score (nSPS) is 10.7. The van der Waals surface area contributed by atoms with Gasteiger partial charge in [-0.3, -0.25) is 4.79 Å². The second kappa shape index (κ2) is 10.4. The van der Waals surface area contributed by atoms with Gasteiger partial charge in [0.25, 0.3) is 5.91 Å². The molecule has 6 nitrogen and oxygen atoms in total. The fraction of sp³-hybridized carbons (Fsp3) is 0.125. The van der Waals surface area contributed by atoms with E-state index in [9.17, 15) is 4.79 Å². The van der Waals surface area contributed by atoms with Crippen molar-refractivity contribution in [3.05, 3.63) is 95.6 Å². The van der Waals surface area contributed by atoms with Crippen molar-refractivity contribution in [1.82, 2.24) is 5.43 Å². The van der Waals surface area contributed by atoms with Crippen LogP contribution in [0.1, 0.15) is 28.4 Å². The molecule has 3 aromatic rings. The highest BCUT2D eigenvalue weighted by atomic mass is 16.5. The van der Waals surface area contributed by atoms with Gasteiger partial charge >= 0.3 is 0 Å². The van der Waals surface area contributed by atoms with E-state index in [1.807, 2.05) is 30.3 Å². The number of nitriles is 1. The lowest BCUT2D eigenvalue weighted by Crippen LogP contribution is -2.21. The number of hydrogen-bond acceptors (Lipinski definition) is 5. The van der Waals surface area contributed by atoms with Crippen LogP contribution >= 0.6 is 0 Å². The Balaban J connectivity index is 1.58. The number of nitrogens with one attached hydrogen (secondary N) is 1. The van der Waals surface area contributed by atoms with Crippen molar-refractivity contribution in [3.63, 3.8) is 0 Å². The Morgan fingerprint density at radius 1 is 0.933 bits per heavy atom. The van der Waals surface area contributed by atoms with Crippen LogP contribution in [0.4, 0.5) is 0 Å². The molecule has 0 aliphatic heterocycles. The van der Waals surface area contributed by atoms with E-state index in [1.165, 1.54) is 0 Å². The highest BCUT2D eigenvalue weighted by Crippen LogP contribution is 2.18. The summed E-state index contributed by atoms with van der Waals surface area (Å²) >= 11 is 0. The van der Waals surface area contributed by atoms with Crippen LogP contribution in [0.25, 0.3) is 0 Å². The van der Waals surface area contributed by atoms with E-state index in [-0.39, 0.29) is 5.91 Å². The van der Waals surface area contributed by atoms with Gasteiger partial charge in [-0.1, -0.05) is 42.5 Å². The summed E-state index contributed by atoms with van der Waals surface area (Å²) in [7, 11) is 0. The van der Waals surface area contributed by atoms with E-state index < -0.39 is 0 Å². The van der Waals surface area contributed by atoms with Gasteiger partial charge in [0.2, 0.25) is 0 Å². The third-order valence-electron chi connectivity index (χ3n) is 4.24. The number of benzene rings is 3. The molecule has 30 heavy (non-hydrogen) atoms. The van der Waals surface area contributed by atoms with E-state index in [0.29, 0.717) is 35.8 Å². The van der Waals surface area contributed by atoms with Crippen molar-refractivity contribution in [2.24, 2.45) is 5.10 Å². The van der Waals surface area contributed by atoms with Gasteiger partial charge in [-0.25, -0.2) is 5.43 Å². The number of amides is 1. The molecule has 6 heteroatoms. The van der Waals surface area contributed by atoms with Crippen molar-refractivity contribution in [2.75, 3.05) is 13.2 Å². The molecule has 3 aromatic carbocycles. The second-order valence-electron chi connectivity index (χ2n) is 6.33. The molecular weight excluding hydrogens is 378 g/mol. The topological polar surface area (TPSA) is 83.7 Å². The fourth-order valence-corrected chi connectivity index (χ4v) is 2.65. The van der Waals surface area contributed by atoms with Crippen LogP contribution in [-0.4, -0.2) is 24.8 Å². The van der Waals surface area contributed by atoms with Crippen LogP contribution in [0.15, 0.2) is 84.0 Å². The van der Waals surface area contributed by atoms with E-state index in [2.05, 4.69) is 16.6 Å². The minimum atomic E-state index is -0.373. The van der Waals surface area contributed by atoms with Crippen molar-refractivity contribution >= 4 is 11.6 Å². The molecule has 0 unspecified atom stereocenters. The number of rotatable bonds is 8. The monoisotopic (exact) mass is 399 g/mol. The molecule has 3 rings (SSSR count). The summed E-state index contributed by atoms with van der Waals surface area (Å²) in [5.74, 6) is 0.847. The molecule has 1 amide bonds. The average molecular weight is 399 g/mol. The third kappa shape index (κ3) is 5.69. The number of para-hydroxylation sites is 2. The van der Waals surface area contributed by atoms with E-state index in [4.69, 9.17) is 14.7 Å². The highest BCUT2D eigenvalue weighted by Gasteiger charge is 2.12. The minimum Gasteiger partial charge on any atom is -0.490 e. The second-order valence-corrected chi connectivity index (χ2v) is 6.33. The lowest BCUT2D eigenvalue weighted by atomic mass is 10.1. The van der Waals surface area contributed by atoms with Crippen LogP contribution < -0.4 is 14.9 Å². The van der Waals surface area contributed by atoms with E-state index >= 15 is 0 Å². The number of hydrogen-bond donors (Lipinski definition) is 1. The Hall–Kier alpha value is -4.11. The van der Waals surface area contributed by atoms with Gasteiger partial charge in [0.1, 0.15) is 24.7 Å². The van der Waals surface area contributed by atoms with Crippen molar-refractivity contribution < 1.29 is 14.3 Å². The number of carbonyl (C=O) groups is 1. The van der Waals surface area contributed by atoms with Crippen molar-refractivity contribution in [1.29, 1.82) is 5.26 Å². The molecule has 0 aliphatic rings. The molecule has 0 saturated heterocycles. The summed E-state index contributed by atoms with van der Waals surface area (Å²) in [6.45, 7) is 2.44. The van der Waals surface area contributed by atoms with Crippen molar-refractivity contribution in [2.45, 2.75) is 6.92 Å². The standard InChI is InChI=1S/C24H21N3O3/c1-18(20-13-11-19(17-25)12-14-20)26-27-24(28)22-9-5-6-10-23(22)30-16-15-29-21-7-3-2-4-8-21/h2-14H,15-16H2,1H3,(H,27,28)/b26-18+. The lowest BCUT2D eigenvalue weighted by Gasteiger charge is -2.11. The summed E-state index contributed by atoms with van der Waals surface area (Å²) in [5.41, 5.74) is 4.95. The number of carbonyl (C=O) groups excluding carboxylic acids is 1. The van der Waals surface area contributed by atoms with Crippen LogP contribution in [-0.2, 0) is 0 Å². The Labute approximate surface area is 175 Å². The molecule has 0 bridgehead atoms. The van der Waals surface area contributed by atoms with Crippen molar-refractivity contribution in [3.8, 4) is 17.6 Å². The lowest BCUT2D eigenvalue weighted by molar-refractivity contribution is 0.0949. The molecule has 0 fully saturated rings. The number of hydrazone groups is 1. The molecule has 0 atom stereocenters. The summed E-state index contributed by atoms with van der Waals surface area (Å²) in [6, 6.07) is 25.5. The van der Waals surface area contributed by atoms with E-state index in [1.54, 1.807) is 55.5 Å². The van der Waals surface area contributed by atoms with Gasteiger partial charge in [0.15, 0.2) is 0 Å². The largest absolute Gasteiger partial charge is 0.490 e. The van der Waals surface area contributed by atoms with Gasteiger partial charge in [0, 0.05) is 0 Å². The first-order chi connectivity index (χ1) is 14.7. The molecule has 0 spiro atoms. The van der Waals surface area contributed by atoms with Crippen LogP contribution in [0, 0.1) is 11.3 Å². The predicted octanol–water partition coefficient (Wildman–Crippen LogP) is 4.17. The fourth-order valence-electron chi connectivity index (χ4n) is 2.65. The number of nitrogens with zero attached hydrogens (tertiary/aromatic N) is 2. The van der Waals surface area contributed by atoms with Crippen LogP contribution in [0.5, 0.6) is 11.5 Å². The molecule has 150 valence electrons. The summed E-state index contributed by atoms with van der Waals surface area (Å²) in [6.07, 6.45) is 0. The first-order valence-electron chi connectivity index (χ1n) is 9.42. The molecule has 1 N–H and O–H groups in total. The van der Waals surface area contributed by atoms with Gasteiger partial charge in [-0.15, -0.1) is 0 Å². The Morgan fingerprint density at radius 3 is 2.33 bits per heavy atom. The Morgan fingerprint density at radius 2 is 1.60 bits per heavy atom. The maximum atomic E-state index is 12.6. The molecule has 0 radical (unpaired) electrons. The summed E-state index contributed by atoms with van der Waals surface area (Å²) in [4.78, 5) is 12.6. The first kappa shape index (κ1) is 20.6. The zero-order chi connectivity index (χ0) is 21.2. The summed E-state index contributed by atoms with van der Waals surface area (Å²) in [5, 5.41) is 13.0. The molecule has 0 aliphatic carbocycles. The Kier molecular flexibility index (Phi) is 7.17. The maximum Gasteiger partial charge on any atom is 0.275 e. The SMILES string of the molecule is C/C(=N\NC(=O)c1ccccc1OCCOc1ccccc1)c1ccc(C#N)cc1. The van der Waals surface area contributed by atoms with Gasteiger partial charge in [0.05, 0.1) is 22.9 Å².